The molecule has 0 saturated carbocycles. The first-order valence-corrected chi connectivity index (χ1v) is 10.8. The summed E-state index contributed by atoms with van der Waals surface area (Å²) in [5.74, 6) is -0.0429. The van der Waals surface area contributed by atoms with Crippen molar-refractivity contribution in [3.05, 3.63) is 60.7 Å². The van der Waals surface area contributed by atoms with Crippen LogP contribution in [0, 0.1) is 0 Å². The normalized spacial score (nSPS) is 11.0. The van der Waals surface area contributed by atoms with Gasteiger partial charge in [-0.25, -0.2) is 4.79 Å². The Kier molecular flexibility index (Phi) is 9.81. The lowest BCUT2D eigenvalue weighted by Gasteiger charge is -2.18. The molecular formula is C24H30F2N4O4. The first kappa shape index (κ1) is 26.6. The summed E-state index contributed by atoms with van der Waals surface area (Å²) in [6, 6.07) is 9.54. The van der Waals surface area contributed by atoms with E-state index >= 15 is 0 Å². The lowest BCUT2D eigenvalue weighted by molar-refractivity contribution is -0.131. The van der Waals surface area contributed by atoms with Crippen molar-refractivity contribution in [3.8, 4) is 11.5 Å². The van der Waals surface area contributed by atoms with E-state index in [0.29, 0.717) is 35.3 Å². The van der Waals surface area contributed by atoms with E-state index in [1.54, 1.807) is 12.1 Å². The van der Waals surface area contributed by atoms with Crippen LogP contribution < -0.4 is 25.4 Å². The average Bonchev–Trinajstić information content (AvgIpc) is 2.82. The highest BCUT2D eigenvalue weighted by atomic mass is 19.3. The minimum absolute atomic E-state index is 0.0773. The van der Waals surface area contributed by atoms with Crippen molar-refractivity contribution in [2.45, 2.75) is 20.0 Å². The first-order valence-electron chi connectivity index (χ1n) is 10.8. The van der Waals surface area contributed by atoms with E-state index in [9.17, 15) is 18.4 Å². The van der Waals surface area contributed by atoms with Gasteiger partial charge in [-0.2, -0.15) is 8.78 Å². The molecule has 0 spiro atoms. The highest BCUT2D eigenvalue weighted by Crippen LogP contribution is 2.25. The van der Waals surface area contributed by atoms with Gasteiger partial charge >= 0.3 is 12.1 Å². The zero-order valence-corrected chi connectivity index (χ0v) is 19.5. The Labute approximate surface area is 197 Å². The van der Waals surface area contributed by atoms with Gasteiger partial charge in [-0.1, -0.05) is 20.4 Å². The molecule has 0 aliphatic carbocycles. The van der Waals surface area contributed by atoms with Crippen LogP contribution in [0.25, 0.3) is 0 Å². The number of carbonyl (C=O) groups is 2. The third-order valence-electron chi connectivity index (χ3n) is 4.92. The fourth-order valence-electron chi connectivity index (χ4n) is 3.02. The molecule has 2 aromatic rings. The molecule has 8 nitrogen and oxygen atoms in total. The highest BCUT2D eigenvalue weighted by molar-refractivity contribution is 6.01. The largest absolute Gasteiger partial charge is 0.496 e. The maximum Gasteiger partial charge on any atom is 0.419 e. The summed E-state index contributed by atoms with van der Waals surface area (Å²) < 4.78 is 36.2. The van der Waals surface area contributed by atoms with E-state index in [1.165, 1.54) is 37.4 Å². The molecule has 0 fully saturated rings. The van der Waals surface area contributed by atoms with Crippen molar-refractivity contribution in [1.29, 1.82) is 0 Å². The minimum atomic E-state index is -3.49. The standard InChI is InChI=1S/C24H30F2N4O4/c1-5-24(25,26)34-19-11-8-17(9-12-19)28-23(32)29-18-10-13-20(21(16-18)33-4)22(31)27-14-15-30(6-2)7-3/h5,8-13,16H,1,6-7,14-15H2,2-4H3,(H,27,31)(H2,28,29,32). The number of halogens is 2. The van der Waals surface area contributed by atoms with E-state index in [1.807, 2.05) is 0 Å². The van der Waals surface area contributed by atoms with Crippen molar-refractivity contribution >= 4 is 23.3 Å². The Balaban J connectivity index is 1.95. The Hall–Kier alpha value is -3.66. The number of nitrogens with one attached hydrogen (secondary N) is 3. The van der Waals surface area contributed by atoms with Gasteiger partial charge in [0.1, 0.15) is 11.5 Å². The van der Waals surface area contributed by atoms with Gasteiger partial charge in [0.05, 0.1) is 12.7 Å². The quantitative estimate of drug-likeness (QED) is 0.391. The number of benzene rings is 2. The predicted octanol–water partition coefficient (Wildman–Crippen LogP) is 4.57. The van der Waals surface area contributed by atoms with Gasteiger partial charge in [-0.3, -0.25) is 4.79 Å². The van der Waals surface area contributed by atoms with Crippen LogP contribution in [0.2, 0.25) is 0 Å². The van der Waals surface area contributed by atoms with Crippen LogP contribution in [0.5, 0.6) is 11.5 Å². The number of amides is 3. The van der Waals surface area contributed by atoms with E-state index in [-0.39, 0.29) is 11.7 Å². The van der Waals surface area contributed by atoms with E-state index in [0.717, 1.165) is 19.6 Å². The van der Waals surface area contributed by atoms with Gasteiger partial charge < -0.3 is 30.3 Å². The third kappa shape index (κ3) is 8.04. The van der Waals surface area contributed by atoms with Crippen molar-refractivity contribution in [3.63, 3.8) is 0 Å². The van der Waals surface area contributed by atoms with Gasteiger partial charge in [0.2, 0.25) is 0 Å². The first-order chi connectivity index (χ1) is 16.2. The fraction of sp³-hybridized carbons (Fsp3) is 0.333. The van der Waals surface area contributed by atoms with Gasteiger partial charge in [0.25, 0.3) is 5.91 Å². The Morgan fingerprint density at radius 2 is 1.68 bits per heavy atom. The third-order valence-corrected chi connectivity index (χ3v) is 4.92. The van der Waals surface area contributed by atoms with Crippen LogP contribution in [0.15, 0.2) is 55.1 Å². The number of urea groups is 1. The summed E-state index contributed by atoms with van der Waals surface area (Å²) in [7, 11) is 1.44. The molecule has 3 N–H and O–H groups in total. The maximum absolute atomic E-state index is 13.2. The highest BCUT2D eigenvalue weighted by Gasteiger charge is 2.26. The van der Waals surface area contributed by atoms with E-state index < -0.39 is 12.1 Å². The summed E-state index contributed by atoms with van der Waals surface area (Å²) in [5, 5.41) is 8.08. The van der Waals surface area contributed by atoms with Crippen LogP contribution in [0.4, 0.5) is 25.0 Å². The van der Waals surface area contributed by atoms with E-state index in [2.05, 4.69) is 46.0 Å². The fourth-order valence-corrected chi connectivity index (χ4v) is 3.02. The molecule has 2 aromatic carbocycles. The van der Waals surface area contributed by atoms with Crippen molar-refractivity contribution in [2.75, 3.05) is 43.9 Å². The second-order valence-corrected chi connectivity index (χ2v) is 7.17. The van der Waals surface area contributed by atoms with Crippen molar-refractivity contribution < 1.29 is 27.8 Å². The van der Waals surface area contributed by atoms with Gasteiger partial charge in [-0.05, 0) is 49.5 Å². The number of hydrogen-bond acceptors (Lipinski definition) is 5. The summed E-state index contributed by atoms with van der Waals surface area (Å²) in [6.45, 7) is 10.2. The average molecular weight is 477 g/mol. The summed E-state index contributed by atoms with van der Waals surface area (Å²) in [4.78, 5) is 27.0. The molecule has 34 heavy (non-hydrogen) atoms. The SMILES string of the molecule is C=CC(F)(F)Oc1ccc(NC(=O)Nc2ccc(C(=O)NCCN(CC)CC)c(OC)c2)cc1. The van der Waals surface area contributed by atoms with Crippen LogP contribution in [0.3, 0.4) is 0 Å². The molecule has 0 aliphatic heterocycles. The zero-order chi connectivity index (χ0) is 25.1. The maximum atomic E-state index is 13.2. The van der Waals surface area contributed by atoms with Gasteiger partial charge in [0, 0.05) is 36.6 Å². The zero-order valence-electron chi connectivity index (χ0n) is 19.5. The van der Waals surface area contributed by atoms with E-state index in [4.69, 9.17) is 4.74 Å². The molecule has 0 heterocycles. The second kappa shape index (κ2) is 12.5. The number of carbonyl (C=O) groups excluding carboxylic acids is 2. The number of rotatable bonds is 12. The van der Waals surface area contributed by atoms with Crippen molar-refractivity contribution in [2.24, 2.45) is 0 Å². The molecule has 0 aliphatic rings. The Bertz CT molecular complexity index is 979. The van der Waals surface area contributed by atoms with Crippen LogP contribution in [-0.2, 0) is 0 Å². The molecule has 3 amide bonds. The van der Waals surface area contributed by atoms with Gasteiger partial charge in [-0.15, -0.1) is 0 Å². The van der Waals surface area contributed by atoms with Crippen LogP contribution in [-0.4, -0.2) is 56.2 Å². The molecule has 0 unspecified atom stereocenters. The Morgan fingerprint density at radius 3 is 2.26 bits per heavy atom. The monoisotopic (exact) mass is 476 g/mol. The van der Waals surface area contributed by atoms with Crippen LogP contribution >= 0.6 is 0 Å². The summed E-state index contributed by atoms with van der Waals surface area (Å²) in [5.41, 5.74) is 1.11. The summed E-state index contributed by atoms with van der Waals surface area (Å²) >= 11 is 0. The molecule has 2 rings (SSSR count). The topological polar surface area (TPSA) is 91.9 Å². The number of alkyl halides is 2. The number of ether oxygens (including phenoxy) is 2. The lowest BCUT2D eigenvalue weighted by Crippen LogP contribution is -2.34. The molecule has 184 valence electrons. The molecular weight excluding hydrogens is 446 g/mol. The number of likely N-dealkylation sites (N-methyl/N-ethyl adjacent to an activating group) is 1. The minimum Gasteiger partial charge on any atom is -0.496 e. The smallest absolute Gasteiger partial charge is 0.419 e. The molecule has 0 aromatic heterocycles. The molecule has 0 saturated heterocycles. The Morgan fingerprint density at radius 1 is 1.06 bits per heavy atom. The van der Waals surface area contributed by atoms with Crippen LogP contribution in [0.1, 0.15) is 24.2 Å². The molecule has 0 radical (unpaired) electrons. The van der Waals surface area contributed by atoms with Gasteiger partial charge in [0.15, 0.2) is 0 Å². The molecule has 0 bridgehead atoms. The number of nitrogens with zero attached hydrogens (tertiary/aromatic N) is 1. The lowest BCUT2D eigenvalue weighted by atomic mass is 10.1. The second-order valence-electron chi connectivity index (χ2n) is 7.17. The number of hydrogen-bond donors (Lipinski definition) is 3. The summed E-state index contributed by atoms with van der Waals surface area (Å²) in [6.07, 6.45) is -3.10. The predicted molar refractivity (Wildman–Crippen MR) is 128 cm³/mol. The molecule has 10 heteroatoms. The molecule has 0 atom stereocenters. The number of methoxy groups -OCH3 is 1. The van der Waals surface area contributed by atoms with Crippen molar-refractivity contribution in [1.82, 2.24) is 10.2 Å². The number of anilines is 2.